The molecule has 24 heavy (non-hydrogen) atoms. The van der Waals surface area contributed by atoms with Gasteiger partial charge in [0.05, 0.1) is 0 Å². The fourth-order valence-corrected chi connectivity index (χ4v) is 2.26. The molecule has 6 heteroatoms. The summed E-state index contributed by atoms with van der Waals surface area (Å²) in [6.07, 6.45) is 0. The topological polar surface area (TPSA) is 70.2 Å². The molecule has 2 N–H and O–H groups in total. The maximum atomic E-state index is 12.4. The van der Waals surface area contributed by atoms with E-state index >= 15 is 0 Å². The number of nitrogens with zero attached hydrogens (tertiary/aromatic N) is 3. The second-order valence-corrected chi connectivity index (χ2v) is 6.02. The van der Waals surface area contributed by atoms with Gasteiger partial charge >= 0.3 is 0 Å². The zero-order chi connectivity index (χ0) is 17.5. The van der Waals surface area contributed by atoms with Gasteiger partial charge in [0.2, 0.25) is 0 Å². The van der Waals surface area contributed by atoms with Gasteiger partial charge in [-0.15, -0.1) is 0 Å². The molecular formula is C18H25N5O. The van der Waals surface area contributed by atoms with Crippen molar-refractivity contribution in [3.05, 3.63) is 53.0 Å². The Balaban J connectivity index is 2.00. The van der Waals surface area contributed by atoms with Crippen molar-refractivity contribution in [2.75, 3.05) is 32.5 Å². The molecule has 1 aromatic carbocycles. The summed E-state index contributed by atoms with van der Waals surface area (Å²) >= 11 is 0. The molecule has 2 aromatic rings. The van der Waals surface area contributed by atoms with E-state index in [2.05, 4.69) is 25.5 Å². The minimum absolute atomic E-state index is 0.195. The van der Waals surface area contributed by atoms with Gasteiger partial charge in [0.15, 0.2) is 0 Å². The highest BCUT2D eigenvalue weighted by Crippen LogP contribution is 2.09. The van der Waals surface area contributed by atoms with Gasteiger partial charge in [-0.2, -0.15) is 0 Å². The van der Waals surface area contributed by atoms with Crippen LogP contribution in [0.25, 0.3) is 0 Å². The number of likely N-dealkylation sites (N-methyl/N-ethyl adjacent to an activating group) is 1. The van der Waals surface area contributed by atoms with Crippen LogP contribution in [0.1, 0.15) is 27.4 Å². The number of aryl methyl sites for hydroxylation is 2. The van der Waals surface area contributed by atoms with Crippen molar-refractivity contribution >= 4 is 11.7 Å². The van der Waals surface area contributed by atoms with Gasteiger partial charge in [0, 0.05) is 25.7 Å². The number of anilines is 1. The Morgan fingerprint density at radius 1 is 1.17 bits per heavy atom. The molecule has 0 spiro atoms. The van der Waals surface area contributed by atoms with E-state index in [1.807, 2.05) is 45.3 Å². The van der Waals surface area contributed by atoms with Gasteiger partial charge in [0.1, 0.15) is 17.3 Å². The quantitative estimate of drug-likeness (QED) is 0.814. The van der Waals surface area contributed by atoms with Gasteiger partial charge in [0.25, 0.3) is 5.91 Å². The average molecular weight is 327 g/mol. The number of amides is 1. The molecule has 1 aromatic heterocycles. The molecule has 0 unspecified atom stereocenters. The highest BCUT2D eigenvalue weighted by Gasteiger charge is 2.11. The van der Waals surface area contributed by atoms with Crippen molar-refractivity contribution in [2.24, 2.45) is 0 Å². The zero-order valence-corrected chi connectivity index (χ0v) is 14.8. The first-order chi connectivity index (χ1) is 11.5. The third-order valence-corrected chi connectivity index (χ3v) is 3.64. The van der Waals surface area contributed by atoms with Crippen LogP contribution in [0.5, 0.6) is 0 Å². The lowest BCUT2D eigenvalue weighted by Crippen LogP contribution is -2.25. The number of aromatic nitrogens is 2. The molecule has 0 aliphatic carbocycles. The fourth-order valence-electron chi connectivity index (χ4n) is 2.26. The largest absolute Gasteiger partial charge is 0.369 e. The van der Waals surface area contributed by atoms with Crippen LogP contribution in [0.4, 0.5) is 5.82 Å². The van der Waals surface area contributed by atoms with Gasteiger partial charge in [-0.1, -0.05) is 24.3 Å². The first-order valence-electron chi connectivity index (χ1n) is 8.02. The predicted octanol–water partition coefficient (Wildman–Crippen LogP) is 2.00. The van der Waals surface area contributed by atoms with E-state index in [-0.39, 0.29) is 5.91 Å². The highest BCUT2D eigenvalue weighted by molar-refractivity contribution is 5.92. The smallest absolute Gasteiger partial charge is 0.270 e. The normalized spacial score (nSPS) is 10.7. The number of rotatable bonds is 7. The first-order valence-corrected chi connectivity index (χ1v) is 8.02. The molecule has 1 heterocycles. The van der Waals surface area contributed by atoms with E-state index in [1.165, 1.54) is 0 Å². The lowest BCUT2D eigenvalue weighted by atomic mass is 10.1. The average Bonchev–Trinajstić information content (AvgIpc) is 2.53. The molecule has 6 nitrogen and oxygen atoms in total. The summed E-state index contributed by atoms with van der Waals surface area (Å²) in [6, 6.07) is 9.68. The molecule has 0 aliphatic rings. The molecule has 1 amide bonds. The van der Waals surface area contributed by atoms with Crippen LogP contribution in [0.2, 0.25) is 0 Å². The monoisotopic (exact) mass is 327 g/mol. The number of nitrogens with one attached hydrogen (secondary N) is 2. The summed E-state index contributed by atoms with van der Waals surface area (Å²) < 4.78 is 0. The van der Waals surface area contributed by atoms with E-state index in [4.69, 9.17) is 0 Å². The number of benzene rings is 1. The molecule has 0 aliphatic heterocycles. The number of hydrogen-bond donors (Lipinski definition) is 2. The number of carbonyl (C=O) groups excluding carboxylic acids is 1. The summed E-state index contributed by atoms with van der Waals surface area (Å²) in [5, 5.41) is 6.14. The predicted molar refractivity (Wildman–Crippen MR) is 96.2 cm³/mol. The molecule has 0 saturated carbocycles. The van der Waals surface area contributed by atoms with Crippen molar-refractivity contribution in [3.8, 4) is 0 Å². The summed E-state index contributed by atoms with van der Waals surface area (Å²) in [4.78, 5) is 23.0. The van der Waals surface area contributed by atoms with Crippen LogP contribution in [0.15, 0.2) is 30.3 Å². The Bertz CT molecular complexity index is 700. The van der Waals surface area contributed by atoms with E-state index in [1.54, 1.807) is 13.0 Å². The molecule has 0 fully saturated rings. The Morgan fingerprint density at radius 3 is 2.62 bits per heavy atom. The number of carbonyl (C=O) groups is 1. The minimum atomic E-state index is -0.195. The molecular weight excluding hydrogens is 302 g/mol. The second-order valence-electron chi connectivity index (χ2n) is 6.02. The second kappa shape index (κ2) is 8.40. The molecule has 128 valence electrons. The van der Waals surface area contributed by atoms with E-state index < -0.39 is 0 Å². The Morgan fingerprint density at radius 2 is 1.92 bits per heavy atom. The standard InChI is InChI=1S/C18H25N5O/c1-13-7-5-6-8-15(13)12-20-18(24)16-11-17(22-14(2)21-16)19-9-10-23(3)4/h5-8,11H,9-10,12H2,1-4H3,(H,20,24)(H,19,21,22). The lowest BCUT2D eigenvalue weighted by Gasteiger charge is -2.12. The third-order valence-electron chi connectivity index (χ3n) is 3.64. The van der Waals surface area contributed by atoms with Gasteiger partial charge in [-0.3, -0.25) is 4.79 Å². The molecule has 0 radical (unpaired) electrons. The van der Waals surface area contributed by atoms with Gasteiger partial charge in [-0.05, 0) is 39.1 Å². The summed E-state index contributed by atoms with van der Waals surface area (Å²) in [5.41, 5.74) is 2.63. The molecule has 0 atom stereocenters. The van der Waals surface area contributed by atoms with Crippen molar-refractivity contribution < 1.29 is 4.79 Å². The van der Waals surface area contributed by atoms with Crippen molar-refractivity contribution in [1.82, 2.24) is 20.2 Å². The van der Waals surface area contributed by atoms with Crippen LogP contribution >= 0.6 is 0 Å². The van der Waals surface area contributed by atoms with Crippen molar-refractivity contribution in [1.29, 1.82) is 0 Å². The van der Waals surface area contributed by atoms with Crippen LogP contribution < -0.4 is 10.6 Å². The summed E-state index contributed by atoms with van der Waals surface area (Å²) in [7, 11) is 4.02. The Labute approximate surface area is 143 Å². The van der Waals surface area contributed by atoms with Crippen molar-refractivity contribution in [3.63, 3.8) is 0 Å². The van der Waals surface area contributed by atoms with E-state index in [0.717, 1.165) is 24.2 Å². The summed E-state index contributed by atoms with van der Waals surface area (Å²) in [6.45, 7) is 5.95. The molecule has 0 bridgehead atoms. The van der Waals surface area contributed by atoms with Gasteiger partial charge in [-0.25, -0.2) is 9.97 Å². The van der Waals surface area contributed by atoms with E-state index in [9.17, 15) is 4.79 Å². The van der Waals surface area contributed by atoms with E-state index in [0.29, 0.717) is 23.9 Å². The fraction of sp³-hybridized carbons (Fsp3) is 0.389. The maximum Gasteiger partial charge on any atom is 0.270 e. The highest BCUT2D eigenvalue weighted by atomic mass is 16.1. The van der Waals surface area contributed by atoms with Crippen LogP contribution in [-0.2, 0) is 6.54 Å². The molecule has 2 rings (SSSR count). The van der Waals surface area contributed by atoms with Crippen molar-refractivity contribution in [2.45, 2.75) is 20.4 Å². The first kappa shape index (κ1) is 17.9. The number of hydrogen-bond acceptors (Lipinski definition) is 5. The summed E-state index contributed by atoms with van der Waals surface area (Å²) in [5.74, 6) is 1.05. The Kier molecular flexibility index (Phi) is 6.26. The molecule has 0 saturated heterocycles. The minimum Gasteiger partial charge on any atom is -0.369 e. The van der Waals surface area contributed by atoms with Crippen LogP contribution in [0, 0.1) is 13.8 Å². The SMILES string of the molecule is Cc1nc(NCCN(C)C)cc(C(=O)NCc2ccccc2C)n1. The lowest BCUT2D eigenvalue weighted by molar-refractivity contribution is 0.0945. The third kappa shape index (κ3) is 5.31. The van der Waals surface area contributed by atoms with Crippen LogP contribution in [-0.4, -0.2) is 48.0 Å². The van der Waals surface area contributed by atoms with Gasteiger partial charge < -0.3 is 15.5 Å². The zero-order valence-electron chi connectivity index (χ0n) is 14.8. The Hall–Kier alpha value is -2.47. The van der Waals surface area contributed by atoms with Crippen LogP contribution in [0.3, 0.4) is 0 Å². The maximum absolute atomic E-state index is 12.4.